The van der Waals surface area contributed by atoms with Gasteiger partial charge in [0.1, 0.15) is 6.17 Å². The number of unbranched alkanes of at least 4 members (excludes halogenated alkanes) is 6. The maximum absolute atomic E-state index is 12.4. The number of carbonyl (C=O) groups is 1. The van der Waals surface area contributed by atoms with Gasteiger partial charge in [0.25, 0.3) is 0 Å². The van der Waals surface area contributed by atoms with Crippen molar-refractivity contribution in [3.63, 3.8) is 0 Å². The Bertz CT molecular complexity index is 741. The first-order valence-corrected chi connectivity index (χ1v) is 11.2. The molecule has 2 rings (SSSR count). The van der Waals surface area contributed by atoms with Crippen LogP contribution in [-0.4, -0.2) is 15.9 Å². The van der Waals surface area contributed by atoms with E-state index in [1.54, 1.807) is 0 Å². The molecule has 2 aromatic carbocycles. The molecule has 1 atom stereocenters. The second-order valence-electron chi connectivity index (χ2n) is 7.08. The van der Waals surface area contributed by atoms with Gasteiger partial charge >= 0.3 is 0 Å². The van der Waals surface area contributed by atoms with Crippen LogP contribution in [0.2, 0.25) is 0 Å². The number of benzene rings is 2. The molecule has 0 saturated carbocycles. The van der Waals surface area contributed by atoms with Gasteiger partial charge in [-0.15, -0.1) is 0 Å². The van der Waals surface area contributed by atoms with Crippen molar-refractivity contribution in [3.05, 3.63) is 42.5 Å². The molecule has 0 fully saturated rings. The van der Waals surface area contributed by atoms with E-state index in [1.807, 2.05) is 42.5 Å². The lowest BCUT2D eigenvalue weighted by Gasteiger charge is -2.28. The SMILES string of the molecule is CCCCCCCCCC(=O)NC(Nc1cccc2ccccc12)C(Cl)(Cl)Cl. The fraction of sp³-hybridized carbons (Fsp3) is 0.500. The van der Waals surface area contributed by atoms with Gasteiger partial charge in [-0.25, -0.2) is 0 Å². The maximum Gasteiger partial charge on any atom is 0.228 e. The number of alkyl halides is 3. The van der Waals surface area contributed by atoms with Gasteiger partial charge in [0.05, 0.1) is 0 Å². The third kappa shape index (κ3) is 7.69. The molecule has 28 heavy (non-hydrogen) atoms. The highest BCUT2D eigenvalue weighted by molar-refractivity contribution is 6.68. The maximum atomic E-state index is 12.4. The minimum absolute atomic E-state index is 0.113. The van der Waals surface area contributed by atoms with E-state index in [1.165, 1.54) is 25.7 Å². The van der Waals surface area contributed by atoms with Crippen LogP contribution in [-0.2, 0) is 4.79 Å². The first kappa shape index (κ1) is 23.1. The topological polar surface area (TPSA) is 41.1 Å². The lowest BCUT2D eigenvalue weighted by molar-refractivity contribution is -0.121. The third-order valence-corrected chi connectivity index (χ3v) is 5.38. The van der Waals surface area contributed by atoms with E-state index >= 15 is 0 Å². The van der Waals surface area contributed by atoms with Crippen molar-refractivity contribution in [2.24, 2.45) is 0 Å². The van der Waals surface area contributed by atoms with E-state index in [9.17, 15) is 4.79 Å². The minimum Gasteiger partial charge on any atom is -0.361 e. The average molecular weight is 444 g/mol. The van der Waals surface area contributed by atoms with Crippen LogP contribution < -0.4 is 10.6 Å². The second-order valence-corrected chi connectivity index (χ2v) is 9.45. The van der Waals surface area contributed by atoms with Crippen molar-refractivity contribution in [2.75, 3.05) is 5.32 Å². The number of hydrogen-bond donors (Lipinski definition) is 2. The van der Waals surface area contributed by atoms with Gasteiger partial charge in [-0.1, -0.05) is 117 Å². The van der Waals surface area contributed by atoms with Gasteiger partial charge in [-0.2, -0.15) is 0 Å². The Kier molecular flexibility index (Phi) is 9.70. The molecule has 0 spiro atoms. The number of anilines is 1. The highest BCUT2D eigenvalue weighted by atomic mass is 35.6. The van der Waals surface area contributed by atoms with E-state index in [0.717, 1.165) is 35.7 Å². The van der Waals surface area contributed by atoms with Crippen LogP contribution in [0.25, 0.3) is 10.8 Å². The Morgan fingerprint density at radius 2 is 1.57 bits per heavy atom. The Morgan fingerprint density at radius 1 is 0.929 bits per heavy atom. The van der Waals surface area contributed by atoms with Crippen LogP contribution in [0.1, 0.15) is 58.3 Å². The molecule has 0 radical (unpaired) electrons. The van der Waals surface area contributed by atoms with E-state index in [2.05, 4.69) is 17.6 Å². The normalized spacial score (nSPS) is 12.7. The largest absolute Gasteiger partial charge is 0.361 e. The van der Waals surface area contributed by atoms with Gasteiger partial charge in [0.15, 0.2) is 0 Å². The summed E-state index contributed by atoms with van der Waals surface area (Å²) in [4.78, 5) is 12.4. The summed E-state index contributed by atoms with van der Waals surface area (Å²) in [5.74, 6) is -0.113. The van der Waals surface area contributed by atoms with Crippen LogP contribution in [0.4, 0.5) is 5.69 Å². The summed E-state index contributed by atoms with van der Waals surface area (Å²) in [6.07, 6.45) is 7.70. The van der Waals surface area contributed by atoms with Crippen molar-refractivity contribution in [2.45, 2.75) is 68.2 Å². The molecule has 3 nitrogen and oxygen atoms in total. The summed E-state index contributed by atoms with van der Waals surface area (Å²) in [5, 5.41) is 8.10. The fourth-order valence-electron chi connectivity index (χ4n) is 3.18. The third-order valence-electron chi connectivity index (χ3n) is 4.73. The van der Waals surface area contributed by atoms with E-state index in [-0.39, 0.29) is 5.91 Å². The molecule has 154 valence electrons. The van der Waals surface area contributed by atoms with Crippen LogP contribution in [0.5, 0.6) is 0 Å². The lowest BCUT2D eigenvalue weighted by atomic mass is 10.1. The Hall–Kier alpha value is -1.16. The molecule has 1 amide bonds. The lowest BCUT2D eigenvalue weighted by Crippen LogP contribution is -2.49. The number of halogens is 3. The van der Waals surface area contributed by atoms with Gasteiger partial charge in [-0.05, 0) is 17.9 Å². The predicted octanol–water partition coefficient (Wildman–Crippen LogP) is 7.20. The number of carbonyl (C=O) groups excluding carboxylic acids is 1. The molecule has 0 aliphatic carbocycles. The van der Waals surface area contributed by atoms with E-state index < -0.39 is 9.96 Å². The molecule has 0 aliphatic rings. The van der Waals surface area contributed by atoms with Gasteiger partial charge in [0, 0.05) is 17.5 Å². The number of rotatable bonds is 11. The van der Waals surface area contributed by atoms with Crippen LogP contribution in [0.3, 0.4) is 0 Å². The number of nitrogens with one attached hydrogen (secondary N) is 2. The summed E-state index contributed by atoms with van der Waals surface area (Å²) in [6.45, 7) is 2.21. The minimum atomic E-state index is -1.67. The first-order chi connectivity index (χ1) is 13.4. The predicted molar refractivity (Wildman–Crippen MR) is 122 cm³/mol. The molecule has 1 unspecified atom stereocenters. The number of hydrogen-bond acceptors (Lipinski definition) is 2. The molecular formula is C22H29Cl3N2O. The molecule has 0 saturated heterocycles. The molecule has 0 bridgehead atoms. The van der Waals surface area contributed by atoms with Crippen LogP contribution in [0.15, 0.2) is 42.5 Å². The van der Waals surface area contributed by atoms with E-state index in [0.29, 0.717) is 6.42 Å². The smallest absolute Gasteiger partial charge is 0.228 e. The summed E-state index contributed by atoms with van der Waals surface area (Å²) in [7, 11) is 0. The standard InChI is InChI=1S/C22H29Cl3N2O/c1-2-3-4-5-6-7-8-16-20(28)27-21(22(23,24)25)26-19-15-11-13-17-12-9-10-14-18(17)19/h9-15,21,26H,2-8,16H2,1H3,(H,27,28). The molecule has 0 heterocycles. The van der Waals surface area contributed by atoms with Gasteiger partial charge in [0.2, 0.25) is 9.70 Å². The van der Waals surface area contributed by atoms with Crippen LogP contribution in [0, 0.1) is 0 Å². The quantitative estimate of drug-likeness (QED) is 0.219. The van der Waals surface area contributed by atoms with Crippen molar-refractivity contribution in [1.82, 2.24) is 5.32 Å². The highest BCUT2D eigenvalue weighted by Gasteiger charge is 2.34. The van der Waals surface area contributed by atoms with Crippen molar-refractivity contribution < 1.29 is 4.79 Å². The molecule has 0 aliphatic heterocycles. The highest BCUT2D eigenvalue weighted by Crippen LogP contribution is 2.33. The Labute approximate surface area is 183 Å². The summed E-state index contributed by atoms with van der Waals surface area (Å²) < 4.78 is -1.67. The molecule has 6 heteroatoms. The van der Waals surface area contributed by atoms with Crippen molar-refractivity contribution in [1.29, 1.82) is 0 Å². The monoisotopic (exact) mass is 442 g/mol. The van der Waals surface area contributed by atoms with Crippen molar-refractivity contribution in [3.8, 4) is 0 Å². The number of amides is 1. The number of fused-ring (bicyclic) bond motifs is 1. The fourth-order valence-corrected chi connectivity index (χ4v) is 3.51. The summed E-state index contributed by atoms with van der Waals surface area (Å²) in [5.41, 5.74) is 0.811. The summed E-state index contributed by atoms with van der Waals surface area (Å²) in [6, 6.07) is 13.8. The average Bonchev–Trinajstić information content (AvgIpc) is 2.66. The van der Waals surface area contributed by atoms with Crippen molar-refractivity contribution >= 4 is 57.2 Å². The summed E-state index contributed by atoms with van der Waals surface area (Å²) >= 11 is 18.4. The second kappa shape index (κ2) is 11.7. The zero-order valence-corrected chi connectivity index (χ0v) is 18.6. The zero-order chi connectivity index (χ0) is 20.4. The Balaban J connectivity index is 1.90. The van der Waals surface area contributed by atoms with E-state index in [4.69, 9.17) is 34.8 Å². The van der Waals surface area contributed by atoms with Gasteiger partial charge in [-0.3, -0.25) is 4.79 Å². The van der Waals surface area contributed by atoms with Crippen LogP contribution >= 0.6 is 34.8 Å². The van der Waals surface area contributed by atoms with Gasteiger partial charge < -0.3 is 10.6 Å². The molecule has 2 N–H and O–H groups in total. The molecular weight excluding hydrogens is 415 g/mol. The molecule has 0 aromatic heterocycles. The zero-order valence-electron chi connectivity index (χ0n) is 16.3. The molecule has 2 aromatic rings. The first-order valence-electron chi connectivity index (χ1n) is 10.0. The Morgan fingerprint density at radius 3 is 2.29 bits per heavy atom.